The van der Waals surface area contributed by atoms with E-state index in [0.717, 1.165) is 5.39 Å². The largest absolute Gasteiger partial charge is 1.00 e. The Hall–Kier alpha value is 0.0464. The summed E-state index contributed by atoms with van der Waals surface area (Å²) in [5, 5.41) is 10.6. The molecular weight excluding hydrogens is 255 g/mol. The minimum Gasteiger partial charge on any atom is -1.00 e. The fourth-order valence-electron chi connectivity index (χ4n) is 1.37. The van der Waals surface area contributed by atoms with Gasteiger partial charge in [-0.2, -0.15) is 8.42 Å². The SMILES string of the molecule is O=S(=O)(O)c1ccc2ccc(O)cc2c1.[H-].[K+]. The van der Waals surface area contributed by atoms with Crippen molar-refractivity contribution < 1.29 is 70.9 Å². The van der Waals surface area contributed by atoms with E-state index in [2.05, 4.69) is 0 Å². The van der Waals surface area contributed by atoms with E-state index >= 15 is 0 Å². The van der Waals surface area contributed by atoms with Gasteiger partial charge in [-0.3, -0.25) is 4.55 Å². The zero-order valence-electron chi connectivity index (χ0n) is 9.58. The van der Waals surface area contributed by atoms with Crippen molar-refractivity contribution in [1.29, 1.82) is 0 Å². The van der Waals surface area contributed by atoms with Crippen LogP contribution in [0.4, 0.5) is 0 Å². The van der Waals surface area contributed by atoms with Crippen molar-refractivity contribution >= 4 is 20.9 Å². The summed E-state index contributed by atoms with van der Waals surface area (Å²) < 4.78 is 30.5. The van der Waals surface area contributed by atoms with Gasteiger partial charge in [-0.1, -0.05) is 12.1 Å². The molecule has 0 spiro atoms. The molecule has 2 aromatic carbocycles. The third-order valence-corrected chi connectivity index (χ3v) is 2.94. The van der Waals surface area contributed by atoms with Crippen LogP contribution in [-0.4, -0.2) is 18.1 Å². The van der Waals surface area contributed by atoms with E-state index in [9.17, 15) is 13.5 Å². The summed E-state index contributed by atoms with van der Waals surface area (Å²) in [5.74, 6) is 0.0509. The van der Waals surface area contributed by atoms with E-state index in [0.29, 0.717) is 5.39 Å². The molecule has 0 aliphatic heterocycles. The molecule has 0 unspecified atom stereocenters. The molecule has 0 aliphatic carbocycles. The van der Waals surface area contributed by atoms with Crippen molar-refractivity contribution in [3.8, 4) is 5.75 Å². The van der Waals surface area contributed by atoms with Crippen LogP contribution in [0.5, 0.6) is 5.75 Å². The van der Waals surface area contributed by atoms with Crippen molar-refractivity contribution in [1.82, 2.24) is 0 Å². The van der Waals surface area contributed by atoms with E-state index in [-0.39, 0.29) is 63.5 Å². The van der Waals surface area contributed by atoms with Crippen LogP contribution >= 0.6 is 0 Å². The fraction of sp³-hybridized carbons (Fsp3) is 0. The van der Waals surface area contributed by atoms with Crippen molar-refractivity contribution in [2.75, 3.05) is 0 Å². The molecule has 2 aromatic rings. The predicted molar refractivity (Wildman–Crippen MR) is 56.5 cm³/mol. The van der Waals surface area contributed by atoms with Gasteiger partial charge < -0.3 is 6.53 Å². The van der Waals surface area contributed by atoms with Crippen LogP contribution in [0.1, 0.15) is 1.43 Å². The summed E-state index contributed by atoms with van der Waals surface area (Å²) in [7, 11) is -4.19. The average Bonchev–Trinajstić information content (AvgIpc) is 2.15. The van der Waals surface area contributed by atoms with Crippen LogP contribution in [0.3, 0.4) is 0 Å². The van der Waals surface area contributed by atoms with Crippen molar-refractivity contribution in [2.24, 2.45) is 0 Å². The van der Waals surface area contributed by atoms with Crippen molar-refractivity contribution in [2.45, 2.75) is 4.90 Å². The molecule has 4 nitrogen and oxygen atoms in total. The van der Waals surface area contributed by atoms with Crippen LogP contribution in [0.25, 0.3) is 10.8 Å². The Morgan fingerprint density at radius 1 is 1.00 bits per heavy atom. The second kappa shape index (κ2) is 5.13. The van der Waals surface area contributed by atoms with E-state index in [1.165, 1.54) is 24.3 Å². The van der Waals surface area contributed by atoms with Gasteiger partial charge in [0.15, 0.2) is 0 Å². The second-order valence-corrected chi connectivity index (χ2v) is 4.59. The summed E-state index contributed by atoms with van der Waals surface area (Å²) in [5.41, 5.74) is 0. The van der Waals surface area contributed by atoms with Crippen LogP contribution in [0.15, 0.2) is 41.3 Å². The zero-order valence-corrected chi connectivity index (χ0v) is 12.5. The molecule has 0 aromatic heterocycles. The number of aromatic hydroxyl groups is 1. The Balaban J connectivity index is 0.00000128. The number of hydrogen-bond donors (Lipinski definition) is 2. The first-order valence-electron chi connectivity index (χ1n) is 4.17. The molecular formula is C10H9KO4S. The topological polar surface area (TPSA) is 74.6 Å². The Bertz CT molecular complexity index is 627. The van der Waals surface area contributed by atoms with Crippen molar-refractivity contribution in [3.05, 3.63) is 36.4 Å². The molecule has 16 heavy (non-hydrogen) atoms. The Morgan fingerprint density at radius 2 is 1.62 bits per heavy atom. The Morgan fingerprint density at radius 3 is 2.25 bits per heavy atom. The molecule has 80 valence electrons. The Kier molecular flexibility index (Phi) is 4.53. The van der Waals surface area contributed by atoms with Gasteiger partial charge in [-0.25, -0.2) is 0 Å². The first-order chi connectivity index (χ1) is 6.97. The molecule has 0 fully saturated rings. The second-order valence-electron chi connectivity index (χ2n) is 3.17. The summed E-state index contributed by atoms with van der Waals surface area (Å²) in [6.45, 7) is 0. The van der Waals surface area contributed by atoms with E-state index in [1.54, 1.807) is 12.1 Å². The first kappa shape index (κ1) is 14.1. The molecule has 6 heteroatoms. The molecule has 0 amide bonds. The molecule has 0 saturated carbocycles. The molecule has 2 rings (SSSR count). The zero-order chi connectivity index (χ0) is 11.1. The number of rotatable bonds is 1. The number of phenols is 1. The van der Waals surface area contributed by atoms with Crippen LogP contribution in [0, 0.1) is 0 Å². The maximum atomic E-state index is 10.9. The maximum Gasteiger partial charge on any atom is 1.00 e. The van der Waals surface area contributed by atoms with Crippen LogP contribution in [-0.2, 0) is 10.1 Å². The smallest absolute Gasteiger partial charge is 1.00 e. The van der Waals surface area contributed by atoms with Gasteiger partial charge in [0, 0.05) is 0 Å². The van der Waals surface area contributed by atoms with Crippen molar-refractivity contribution in [3.63, 3.8) is 0 Å². The van der Waals surface area contributed by atoms with Gasteiger partial charge in [0.05, 0.1) is 4.90 Å². The molecule has 0 atom stereocenters. The van der Waals surface area contributed by atoms with Crippen LogP contribution < -0.4 is 51.4 Å². The standard InChI is InChI=1S/C10H8O4S.K.H/c11-9-3-1-7-2-4-10(15(12,13)14)6-8(7)5-9;;/h1-6,11H,(H,12,13,14);;/q;+1;-1. The number of hydrogen-bond acceptors (Lipinski definition) is 3. The van der Waals surface area contributed by atoms with Gasteiger partial charge in [0.1, 0.15) is 5.75 Å². The number of benzene rings is 2. The van der Waals surface area contributed by atoms with E-state index < -0.39 is 10.1 Å². The normalized spacial score (nSPS) is 11.1. The van der Waals surface area contributed by atoms with Gasteiger partial charge in [0.2, 0.25) is 0 Å². The minimum atomic E-state index is -4.19. The average molecular weight is 264 g/mol. The molecule has 0 radical (unpaired) electrons. The van der Waals surface area contributed by atoms with E-state index in [1.807, 2.05) is 0 Å². The van der Waals surface area contributed by atoms with Gasteiger partial charge >= 0.3 is 51.4 Å². The third kappa shape index (κ3) is 3.04. The molecule has 0 bridgehead atoms. The summed E-state index contributed by atoms with van der Waals surface area (Å²) in [6, 6.07) is 8.80. The predicted octanol–water partition coefficient (Wildman–Crippen LogP) is -1.09. The maximum absolute atomic E-state index is 10.9. The Labute approximate surface area is 137 Å². The molecule has 0 aliphatic rings. The quantitative estimate of drug-likeness (QED) is 0.507. The van der Waals surface area contributed by atoms with E-state index in [4.69, 9.17) is 4.55 Å². The molecule has 0 heterocycles. The summed E-state index contributed by atoms with van der Waals surface area (Å²) >= 11 is 0. The molecule has 0 saturated heterocycles. The number of phenolic OH excluding ortho intramolecular Hbond substituents is 1. The summed E-state index contributed by atoms with van der Waals surface area (Å²) in [4.78, 5) is -0.180. The van der Waals surface area contributed by atoms with Gasteiger partial charge in [-0.05, 0) is 35.0 Å². The van der Waals surface area contributed by atoms with Gasteiger partial charge in [0.25, 0.3) is 10.1 Å². The third-order valence-electron chi connectivity index (χ3n) is 2.09. The number of fused-ring (bicyclic) bond motifs is 1. The molecule has 2 N–H and O–H groups in total. The first-order valence-corrected chi connectivity index (χ1v) is 5.61. The fourth-order valence-corrected chi connectivity index (χ4v) is 1.89. The van der Waals surface area contributed by atoms with Gasteiger partial charge in [-0.15, -0.1) is 0 Å². The minimum absolute atomic E-state index is 0. The summed E-state index contributed by atoms with van der Waals surface area (Å²) in [6.07, 6.45) is 0. The van der Waals surface area contributed by atoms with Crippen LogP contribution in [0.2, 0.25) is 0 Å². The monoisotopic (exact) mass is 264 g/mol.